The van der Waals surface area contributed by atoms with Crippen molar-refractivity contribution in [2.24, 2.45) is 5.92 Å². The zero-order chi connectivity index (χ0) is 13.9. The molecule has 2 aromatic rings. The molecule has 0 spiro atoms. The zero-order valence-corrected chi connectivity index (χ0v) is 11.6. The van der Waals surface area contributed by atoms with Gasteiger partial charge in [0.2, 0.25) is 0 Å². The lowest BCUT2D eigenvalue weighted by Gasteiger charge is -2.09. The predicted octanol–water partition coefficient (Wildman–Crippen LogP) is 1.66. The number of nitrogens with two attached hydrogens (primary N) is 1. The van der Waals surface area contributed by atoms with Crippen LogP contribution in [0.3, 0.4) is 0 Å². The summed E-state index contributed by atoms with van der Waals surface area (Å²) in [6, 6.07) is 5.78. The monoisotopic (exact) mass is 273 g/mol. The third-order valence-corrected chi connectivity index (χ3v) is 3.65. The van der Waals surface area contributed by atoms with E-state index in [2.05, 4.69) is 15.5 Å². The molecule has 1 saturated carbocycles. The molecule has 2 N–H and O–H groups in total. The third kappa shape index (κ3) is 2.80. The Balaban J connectivity index is 1.70. The van der Waals surface area contributed by atoms with E-state index in [1.54, 1.807) is 4.68 Å². The second-order valence-corrected chi connectivity index (χ2v) is 5.26. The largest absolute Gasteiger partial charge is 0.398 e. The molecule has 1 aliphatic rings. The molecule has 1 aromatic carbocycles. The van der Waals surface area contributed by atoms with Gasteiger partial charge in [0.25, 0.3) is 0 Å². The topological polar surface area (TPSA) is 78.9 Å². The molecule has 0 saturated heterocycles. The van der Waals surface area contributed by atoms with E-state index in [9.17, 15) is 0 Å². The number of benzene rings is 1. The molecule has 6 nitrogen and oxygen atoms in total. The number of hydrogen-bond donors (Lipinski definition) is 1. The maximum absolute atomic E-state index is 5.94. The number of nitrogens with zero attached hydrogens (tertiary/aromatic N) is 4. The molecule has 1 heterocycles. The Morgan fingerprint density at radius 3 is 3.05 bits per heavy atom. The molecule has 0 amide bonds. The highest BCUT2D eigenvalue weighted by molar-refractivity contribution is 5.67. The van der Waals surface area contributed by atoms with Gasteiger partial charge in [0, 0.05) is 17.9 Å². The van der Waals surface area contributed by atoms with Crippen LogP contribution in [-0.2, 0) is 11.3 Å². The van der Waals surface area contributed by atoms with Crippen LogP contribution in [0.15, 0.2) is 18.2 Å². The third-order valence-electron chi connectivity index (χ3n) is 3.65. The second kappa shape index (κ2) is 5.58. The molecule has 0 aliphatic heterocycles. The minimum Gasteiger partial charge on any atom is -0.398 e. The average Bonchev–Trinajstić information content (AvgIpc) is 3.16. The van der Waals surface area contributed by atoms with E-state index in [1.165, 1.54) is 12.8 Å². The number of tetrazole rings is 1. The molecule has 0 radical (unpaired) electrons. The molecule has 0 atom stereocenters. The molecule has 1 aliphatic carbocycles. The lowest BCUT2D eigenvalue weighted by Crippen LogP contribution is -2.11. The fourth-order valence-electron chi connectivity index (χ4n) is 2.13. The van der Waals surface area contributed by atoms with Gasteiger partial charge in [-0.05, 0) is 47.7 Å². The summed E-state index contributed by atoms with van der Waals surface area (Å²) in [6.07, 6.45) is 2.61. The number of aromatic nitrogens is 4. The highest BCUT2D eigenvalue weighted by Gasteiger charge is 2.21. The van der Waals surface area contributed by atoms with Gasteiger partial charge in [0.05, 0.1) is 13.2 Å². The smallest absolute Gasteiger partial charge is 0.182 e. The van der Waals surface area contributed by atoms with E-state index in [1.807, 2.05) is 25.1 Å². The molecular weight excluding hydrogens is 254 g/mol. The lowest BCUT2D eigenvalue weighted by atomic mass is 10.1. The standard InChI is InChI=1S/C14H19N5O/c1-10-12(3-2-4-13(10)15)14-16-17-18-19(14)7-8-20-9-11-5-6-11/h2-4,11H,5-9,15H2,1H3. The number of nitrogen functional groups attached to an aromatic ring is 1. The summed E-state index contributed by atoms with van der Waals surface area (Å²) in [6.45, 7) is 4.13. The van der Waals surface area contributed by atoms with Gasteiger partial charge in [-0.3, -0.25) is 0 Å². The molecule has 106 valence electrons. The summed E-state index contributed by atoms with van der Waals surface area (Å²) in [5, 5.41) is 11.9. The molecule has 1 fully saturated rings. The van der Waals surface area contributed by atoms with Crippen molar-refractivity contribution in [3.05, 3.63) is 23.8 Å². The molecule has 0 unspecified atom stereocenters. The molecule has 3 rings (SSSR count). The fourth-order valence-corrected chi connectivity index (χ4v) is 2.13. The Bertz CT molecular complexity index is 591. The van der Waals surface area contributed by atoms with Crippen molar-refractivity contribution in [1.29, 1.82) is 0 Å². The van der Waals surface area contributed by atoms with Crippen molar-refractivity contribution in [1.82, 2.24) is 20.2 Å². The van der Waals surface area contributed by atoms with E-state index in [4.69, 9.17) is 10.5 Å². The molecule has 6 heteroatoms. The Kier molecular flexibility index (Phi) is 3.64. The average molecular weight is 273 g/mol. The molecule has 20 heavy (non-hydrogen) atoms. The van der Waals surface area contributed by atoms with Gasteiger partial charge in [0.1, 0.15) is 0 Å². The van der Waals surface area contributed by atoms with Crippen molar-refractivity contribution in [2.75, 3.05) is 18.9 Å². The highest BCUT2D eigenvalue weighted by Crippen LogP contribution is 2.28. The van der Waals surface area contributed by atoms with Gasteiger partial charge in [-0.2, -0.15) is 0 Å². The van der Waals surface area contributed by atoms with Crippen molar-refractivity contribution < 1.29 is 4.74 Å². The first-order valence-electron chi connectivity index (χ1n) is 6.95. The minimum atomic E-state index is 0.635. The van der Waals surface area contributed by atoms with Crippen molar-refractivity contribution in [3.63, 3.8) is 0 Å². The predicted molar refractivity (Wildman–Crippen MR) is 75.9 cm³/mol. The van der Waals surface area contributed by atoms with Gasteiger partial charge in [-0.25, -0.2) is 4.68 Å². The summed E-state index contributed by atoms with van der Waals surface area (Å²) < 4.78 is 7.41. The first-order valence-corrected chi connectivity index (χ1v) is 6.95. The Morgan fingerprint density at radius 1 is 1.40 bits per heavy atom. The summed E-state index contributed by atoms with van der Waals surface area (Å²) in [4.78, 5) is 0. The summed E-state index contributed by atoms with van der Waals surface area (Å²) in [7, 11) is 0. The van der Waals surface area contributed by atoms with Crippen LogP contribution in [0, 0.1) is 12.8 Å². The second-order valence-electron chi connectivity index (χ2n) is 5.26. The van der Waals surface area contributed by atoms with Gasteiger partial charge in [0.15, 0.2) is 5.82 Å². The van der Waals surface area contributed by atoms with E-state index in [0.29, 0.717) is 13.2 Å². The van der Waals surface area contributed by atoms with Crippen LogP contribution in [0.25, 0.3) is 11.4 Å². The Labute approximate surface area is 117 Å². The van der Waals surface area contributed by atoms with Crippen LogP contribution < -0.4 is 5.73 Å². The summed E-state index contributed by atoms with van der Waals surface area (Å²) in [5.41, 5.74) is 8.66. The maximum atomic E-state index is 5.94. The van der Waals surface area contributed by atoms with Crippen LogP contribution in [0.5, 0.6) is 0 Å². The number of anilines is 1. The van der Waals surface area contributed by atoms with Crippen LogP contribution >= 0.6 is 0 Å². The first-order chi connectivity index (χ1) is 9.75. The Morgan fingerprint density at radius 2 is 2.25 bits per heavy atom. The van der Waals surface area contributed by atoms with E-state index >= 15 is 0 Å². The van der Waals surface area contributed by atoms with Crippen LogP contribution in [0.2, 0.25) is 0 Å². The molecule has 0 bridgehead atoms. The Hall–Kier alpha value is -1.95. The zero-order valence-electron chi connectivity index (χ0n) is 11.6. The van der Waals surface area contributed by atoms with Gasteiger partial charge >= 0.3 is 0 Å². The fraction of sp³-hybridized carbons (Fsp3) is 0.500. The summed E-state index contributed by atoms with van der Waals surface area (Å²) >= 11 is 0. The van der Waals surface area contributed by atoms with Crippen molar-refractivity contribution in [2.45, 2.75) is 26.3 Å². The maximum Gasteiger partial charge on any atom is 0.182 e. The number of rotatable bonds is 6. The van der Waals surface area contributed by atoms with E-state index < -0.39 is 0 Å². The van der Waals surface area contributed by atoms with Gasteiger partial charge < -0.3 is 10.5 Å². The normalized spacial score (nSPS) is 14.7. The van der Waals surface area contributed by atoms with Crippen LogP contribution in [0.4, 0.5) is 5.69 Å². The SMILES string of the molecule is Cc1c(N)cccc1-c1nnnn1CCOCC1CC1. The van der Waals surface area contributed by atoms with Gasteiger partial charge in [-0.15, -0.1) is 5.10 Å². The first kappa shape index (κ1) is 13.1. The number of ether oxygens (including phenoxy) is 1. The highest BCUT2D eigenvalue weighted by atomic mass is 16.5. The van der Waals surface area contributed by atoms with Crippen LogP contribution in [-0.4, -0.2) is 33.4 Å². The molecule has 1 aromatic heterocycles. The van der Waals surface area contributed by atoms with Crippen LogP contribution in [0.1, 0.15) is 18.4 Å². The minimum absolute atomic E-state index is 0.635. The molecular formula is C14H19N5O. The van der Waals surface area contributed by atoms with Gasteiger partial charge in [-0.1, -0.05) is 12.1 Å². The lowest BCUT2D eigenvalue weighted by molar-refractivity contribution is 0.114. The summed E-state index contributed by atoms with van der Waals surface area (Å²) in [5.74, 6) is 1.52. The van der Waals surface area contributed by atoms with E-state index in [0.717, 1.165) is 35.2 Å². The van der Waals surface area contributed by atoms with Crippen molar-refractivity contribution in [3.8, 4) is 11.4 Å². The number of hydrogen-bond acceptors (Lipinski definition) is 5. The van der Waals surface area contributed by atoms with Crippen molar-refractivity contribution >= 4 is 5.69 Å². The quantitative estimate of drug-likeness (QED) is 0.639. The van der Waals surface area contributed by atoms with E-state index in [-0.39, 0.29) is 0 Å².